The number of carboxylic acid groups (broad SMARTS) is 1. The summed E-state index contributed by atoms with van der Waals surface area (Å²) in [4.78, 5) is 22.8. The van der Waals surface area contributed by atoms with E-state index in [4.69, 9.17) is 5.11 Å². The Kier molecular flexibility index (Phi) is 2.69. The molecule has 7 heteroatoms. The van der Waals surface area contributed by atoms with Crippen molar-refractivity contribution in [3.05, 3.63) is 28.9 Å². The lowest BCUT2D eigenvalue weighted by Gasteiger charge is -2.03. The molecule has 2 heterocycles. The lowest BCUT2D eigenvalue weighted by atomic mass is 10.3. The van der Waals surface area contributed by atoms with Crippen molar-refractivity contribution < 1.29 is 9.90 Å². The molecule has 0 aliphatic heterocycles. The zero-order valence-corrected chi connectivity index (χ0v) is 9.84. The summed E-state index contributed by atoms with van der Waals surface area (Å²) in [6.45, 7) is 0. The largest absolute Gasteiger partial charge is 0.476 e. The van der Waals surface area contributed by atoms with Gasteiger partial charge in [-0.25, -0.2) is 19.7 Å². The fraction of sp³-hybridized carbons (Fsp3) is 0.111. The molecule has 6 nitrogen and oxygen atoms in total. The van der Waals surface area contributed by atoms with Crippen molar-refractivity contribution in [3.8, 4) is 11.5 Å². The predicted octanol–water partition coefficient (Wildman–Crippen LogP) is 1.34. The maximum Gasteiger partial charge on any atom is 0.355 e. The number of aryl methyl sites for hydroxylation is 1. The van der Waals surface area contributed by atoms with Crippen LogP contribution in [0.15, 0.2) is 23.2 Å². The fourth-order valence-electron chi connectivity index (χ4n) is 1.21. The van der Waals surface area contributed by atoms with E-state index in [1.165, 1.54) is 6.20 Å². The number of imidazole rings is 1. The minimum atomic E-state index is -1.10. The molecular weight excluding hydrogens is 276 g/mol. The number of hydrogen-bond acceptors (Lipinski definition) is 4. The summed E-state index contributed by atoms with van der Waals surface area (Å²) in [6.07, 6.45) is 4.59. The second-order valence-electron chi connectivity index (χ2n) is 3.09. The first-order valence-corrected chi connectivity index (χ1v) is 5.11. The van der Waals surface area contributed by atoms with E-state index in [9.17, 15) is 4.79 Å². The van der Waals surface area contributed by atoms with E-state index in [-0.39, 0.29) is 5.69 Å². The Bertz CT molecular complexity index is 552. The molecule has 0 bridgehead atoms. The summed E-state index contributed by atoms with van der Waals surface area (Å²) in [5, 5.41) is 8.91. The maximum absolute atomic E-state index is 10.9. The van der Waals surface area contributed by atoms with Crippen molar-refractivity contribution in [1.29, 1.82) is 0 Å². The molecule has 0 aromatic carbocycles. The van der Waals surface area contributed by atoms with Gasteiger partial charge >= 0.3 is 5.97 Å². The van der Waals surface area contributed by atoms with Crippen LogP contribution in [-0.4, -0.2) is 30.6 Å². The standard InChI is InChI=1S/C9H7BrN4O2/c1-14-4-11-3-6(14)8-12-2-5(10)7(13-8)9(15)16/h2-4H,1H3,(H,15,16). The summed E-state index contributed by atoms with van der Waals surface area (Å²) in [5.41, 5.74) is 0.598. The first-order chi connectivity index (χ1) is 7.59. The van der Waals surface area contributed by atoms with Crippen LogP contribution < -0.4 is 0 Å². The highest BCUT2D eigenvalue weighted by molar-refractivity contribution is 9.10. The number of halogens is 1. The van der Waals surface area contributed by atoms with Gasteiger partial charge in [-0.05, 0) is 15.9 Å². The van der Waals surface area contributed by atoms with E-state index in [0.717, 1.165) is 0 Å². The van der Waals surface area contributed by atoms with E-state index in [1.54, 1.807) is 24.1 Å². The monoisotopic (exact) mass is 282 g/mol. The first kappa shape index (κ1) is 10.7. The Morgan fingerprint density at radius 1 is 1.50 bits per heavy atom. The molecule has 0 aliphatic rings. The van der Waals surface area contributed by atoms with Crippen LogP contribution in [-0.2, 0) is 7.05 Å². The van der Waals surface area contributed by atoms with Crippen LogP contribution in [0.4, 0.5) is 0 Å². The van der Waals surface area contributed by atoms with Crippen molar-refractivity contribution >= 4 is 21.9 Å². The number of rotatable bonds is 2. The van der Waals surface area contributed by atoms with Gasteiger partial charge in [0, 0.05) is 13.2 Å². The molecule has 2 aromatic heterocycles. The van der Waals surface area contributed by atoms with Gasteiger partial charge in [0.25, 0.3) is 0 Å². The van der Waals surface area contributed by atoms with Crippen molar-refractivity contribution in [2.75, 3.05) is 0 Å². The van der Waals surface area contributed by atoms with Gasteiger partial charge in [-0.15, -0.1) is 0 Å². The summed E-state index contributed by atoms with van der Waals surface area (Å²) in [6, 6.07) is 0. The Morgan fingerprint density at radius 3 is 2.81 bits per heavy atom. The van der Waals surface area contributed by atoms with Crippen LogP contribution >= 0.6 is 15.9 Å². The minimum Gasteiger partial charge on any atom is -0.476 e. The number of aromatic carboxylic acids is 1. The van der Waals surface area contributed by atoms with Crippen LogP contribution in [0.5, 0.6) is 0 Å². The average molecular weight is 283 g/mol. The second-order valence-corrected chi connectivity index (χ2v) is 3.94. The molecule has 0 amide bonds. The molecule has 82 valence electrons. The molecule has 0 fully saturated rings. The number of hydrogen-bond donors (Lipinski definition) is 1. The molecule has 0 aliphatic carbocycles. The molecule has 2 aromatic rings. The third-order valence-corrected chi connectivity index (χ3v) is 2.57. The summed E-state index contributed by atoms with van der Waals surface area (Å²) >= 11 is 3.08. The molecule has 0 radical (unpaired) electrons. The van der Waals surface area contributed by atoms with E-state index in [0.29, 0.717) is 16.0 Å². The third kappa shape index (κ3) is 1.81. The van der Waals surface area contributed by atoms with Gasteiger partial charge in [0.15, 0.2) is 11.5 Å². The molecule has 1 N–H and O–H groups in total. The van der Waals surface area contributed by atoms with Crippen LogP contribution in [0.3, 0.4) is 0 Å². The highest BCUT2D eigenvalue weighted by Gasteiger charge is 2.14. The molecule has 0 atom stereocenters. The van der Waals surface area contributed by atoms with Crippen molar-refractivity contribution in [2.24, 2.45) is 7.05 Å². The predicted molar refractivity (Wildman–Crippen MR) is 58.9 cm³/mol. The number of carbonyl (C=O) groups is 1. The second kappa shape index (κ2) is 4.01. The van der Waals surface area contributed by atoms with Crippen LogP contribution in [0, 0.1) is 0 Å². The first-order valence-electron chi connectivity index (χ1n) is 4.32. The summed E-state index contributed by atoms with van der Waals surface area (Å²) in [7, 11) is 1.79. The number of aromatic nitrogens is 4. The Labute approximate surface area is 99.1 Å². The van der Waals surface area contributed by atoms with Crippen molar-refractivity contribution in [1.82, 2.24) is 19.5 Å². The zero-order valence-electron chi connectivity index (χ0n) is 8.25. The Morgan fingerprint density at radius 2 is 2.25 bits per heavy atom. The van der Waals surface area contributed by atoms with E-state index >= 15 is 0 Å². The topological polar surface area (TPSA) is 80.9 Å². The highest BCUT2D eigenvalue weighted by Crippen LogP contribution is 2.18. The minimum absolute atomic E-state index is 0.0637. The molecular formula is C9H7BrN4O2. The van der Waals surface area contributed by atoms with Gasteiger partial charge in [-0.1, -0.05) is 0 Å². The molecule has 0 saturated heterocycles. The van der Waals surface area contributed by atoms with Gasteiger partial charge in [0.2, 0.25) is 0 Å². The highest BCUT2D eigenvalue weighted by atomic mass is 79.9. The van der Waals surface area contributed by atoms with E-state index < -0.39 is 5.97 Å². The summed E-state index contributed by atoms with van der Waals surface area (Å²) < 4.78 is 2.07. The molecule has 16 heavy (non-hydrogen) atoms. The zero-order chi connectivity index (χ0) is 11.7. The Balaban J connectivity index is 2.56. The molecule has 0 spiro atoms. The smallest absolute Gasteiger partial charge is 0.355 e. The lowest BCUT2D eigenvalue weighted by Crippen LogP contribution is -2.05. The van der Waals surface area contributed by atoms with Crippen LogP contribution in [0.2, 0.25) is 0 Å². The van der Waals surface area contributed by atoms with Gasteiger partial charge in [0.05, 0.1) is 17.0 Å². The van der Waals surface area contributed by atoms with Gasteiger partial charge < -0.3 is 9.67 Å². The SMILES string of the molecule is Cn1cncc1-c1ncc(Br)c(C(=O)O)n1. The average Bonchev–Trinajstić information content (AvgIpc) is 2.65. The maximum atomic E-state index is 10.9. The fourth-order valence-corrected chi connectivity index (χ4v) is 1.57. The van der Waals surface area contributed by atoms with Crippen LogP contribution in [0.25, 0.3) is 11.5 Å². The van der Waals surface area contributed by atoms with Crippen molar-refractivity contribution in [3.63, 3.8) is 0 Å². The van der Waals surface area contributed by atoms with Crippen LogP contribution in [0.1, 0.15) is 10.5 Å². The Hall–Kier alpha value is -1.76. The van der Waals surface area contributed by atoms with Gasteiger partial charge in [-0.3, -0.25) is 0 Å². The lowest BCUT2D eigenvalue weighted by molar-refractivity contribution is 0.0689. The molecule has 2 rings (SSSR count). The third-order valence-electron chi connectivity index (χ3n) is 1.99. The normalized spacial score (nSPS) is 10.4. The quantitative estimate of drug-likeness (QED) is 0.899. The van der Waals surface area contributed by atoms with E-state index in [1.807, 2.05) is 0 Å². The number of nitrogens with zero attached hydrogens (tertiary/aromatic N) is 4. The van der Waals surface area contributed by atoms with Gasteiger partial charge in [-0.2, -0.15) is 0 Å². The molecule has 0 saturated carbocycles. The molecule has 0 unspecified atom stereocenters. The van der Waals surface area contributed by atoms with E-state index in [2.05, 4.69) is 30.9 Å². The number of carboxylic acids is 1. The van der Waals surface area contributed by atoms with Gasteiger partial charge in [0.1, 0.15) is 5.69 Å². The van der Waals surface area contributed by atoms with Crippen molar-refractivity contribution in [2.45, 2.75) is 0 Å². The summed E-state index contributed by atoms with van der Waals surface area (Å²) in [5.74, 6) is -0.765.